The molecule has 1 N–H and O–H groups in total. The van der Waals surface area contributed by atoms with Gasteiger partial charge in [0.05, 0.1) is 5.69 Å². The smallest absolute Gasteiger partial charge is 0.203 e. The minimum atomic E-state index is 0.572. The number of aryl methyl sites for hydroxylation is 1. The lowest BCUT2D eigenvalue weighted by Gasteiger charge is -2.09. The van der Waals surface area contributed by atoms with Crippen molar-refractivity contribution in [3.8, 4) is 0 Å². The zero-order chi connectivity index (χ0) is 13.9. The van der Waals surface area contributed by atoms with Gasteiger partial charge in [-0.2, -0.15) is 0 Å². The van der Waals surface area contributed by atoms with E-state index in [0.717, 1.165) is 18.2 Å². The number of aromatic nitrogens is 2. The van der Waals surface area contributed by atoms with Crippen LogP contribution in [0.25, 0.3) is 0 Å². The maximum Gasteiger partial charge on any atom is 0.203 e. The summed E-state index contributed by atoms with van der Waals surface area (Å²) in [5, 5.41) is 3.48. The van der Waals surface area contributed by atoms with Gasteiger partial charge in [0.15, 0.2) is 0 Å². The number of hydrogen-bond acceptors (Lipinski definition) is 2. The average Bonchev–Trinajstić information content (AvgIpc) is 3.18. The van der Waals surface area contributed by atoms with E-state index in [4.69, 9.17) is 0 Å². The van der Waals surface area contributed by atoms with Crippen molar-refractivity contribution in [2.75, 3.05) is 11.9 Å². The lowest BCUT2D eigenvalue weighted by Crippen LogP contribution is -2.08. The lowest BCUT2D eigenvalue weighted by molar-refractivity contribution is 0.713. The Morgan fingerprint density at radius 1 is 1.30 bits per heavy atom. The Bertz CT molecular complexity index is 559. The third-order valence-electron chi connectivity index (χ3n) is 4.01. The zero-order valence-electron chi connectivity index (χ0n) is 12.3. The molecule has 0 aliphatic heterocycles. The van der Waals surface area contributed by atoms with Gasteiger partial charge in [-0.25, -0.2) is 4.98 Å². The first-order chi connectivity index (χ1) is 9.79. The summed E-state index contributed by atoms with van der Waals surface area (Å²) in [7, 11) is 0. The molecule has 2 aromatic rings. The van der Waals surface area contributed by atoms with Crippen LogP contribution in [0, 0.1) is 6.92 Å². The molecule has 3 nitrogen and oxygen atoms in total. The Kier molecular flexibility index (Phi) is 3.77. The molecule has 1 saturated carbocycles. The van der Waals surface area contributed by atoms with E-state index in [9.17, 15) is 0 Å². The van der Waals surface area contributed by atoms with Crippen LogP contribution in [0.1, 0.15) is 49.4 Å². The fourth-order valence-electron chi connectivity index (χ4n) is 2.82. The quantitative estimate of drug-likeness (QED) is 0.799. The summed E-state index contributed by atoms with van der Waals surface area (Å²) in [5.41, 5.74) is 2.55. The van der Waals surface area contributed by atoms with Crippen LogP contribution in [0.3, 0.4) is 0 Å². The summed E-state index contributed by atoms with van der Waals surface area (Å²) >= 11 is 0. The number of unbranched alkanes of at least 4 members (excludes halogenated alkanes) is 1. The first-order valence-corrected chi connectivity index (χ1v) is 7.64. The first kappa shape index (κ1) is 13.2. The second kappa shape index (κ2) is 5.70. The second-order valence-electron chi connectivity index (χ2n) is 5.71. The summed E-state index contributed by atoms with van der Waals surface area (Å²) < 4.78 is 2.34. The summed E-state index contributed by atoms with van der Waals surface area (Å²) in [5.74, 6) is 1.69. The molecule has 20 heavy (non-hydrogen) atoms. The minimum absolute atomic E-state index is 0.572. The summed E-state index contributed by atoms with van der Waals surface area (Å²) in [6.45, 7) is 5.29. The molecule has 1 heterocycles. The number of imidazole rings is 1. The van der Waals surface area contributed by atoms with Gasteiger partial charge in [0.25, 0.3) is 0 Å². The van der Waals surface area contributed by atoms with E-state index in [1.54, 1.807) is 0 Å². The maximum absolute atomic E-state index is 4.62. The Morgan fingerprint density at radius 3 is 2.85 bits per heavy atom. The summed E-state index contributed by atoms with van der Waals surface area (Å²) in [6.07, 6.45) is 5.81. The first-order valence-electron chi connectivity index (χ1n) is 7.64. The van der Waals surface area contributed by atoms with Crippen molar-refractivity contribution in [2.45, 2.75) is 45.1 Å². The molecular formula is C17H23N3. The van der Waals surface area contributed by atoms with Crippen LogP contribution < -0.4 is 5.32 Å². The van der Waals surface area contributed by atoms with E-state index >= 15 is 0 Å². The Balaban J connectivity index is 1.72. The third-order valence-corrected chi connectivity index (χ3v) is 4.01. The van der Waals surface area contributed by atoms with Gasteiger partial charge in [0.2, 0.25) is 5.95 Å². The van der Waals surface area contributed by atoms with Crippen molar-refractivity contribution >= 4 is 5.95 Å². The molecule has 1 fully saturated rings. The molecule has 106 valence electrons. The molecular weight excluding hydrogens is 246 g/mol. The van der Waals surface area contributed by atoms with Gasteiger partial charge < -0.3 is 9.88 Å². The molecule has 2 unspecified atom stereocenters. The van der Waals surface area contributed by atoms with Gasteiger partial charge in [0.1, 0.15) is 0 Å². The summed E-state index contributed by atoms with van der Waals surface area (Å²) in [6, 6.07) is 11.4. The molecule has 0 bridgehead atoms. The van der Waals surface area contributed by atoms with Crippen molar-refractivity contribution in [2.24, 2.45) is 0 Å². The maximum atomic E-state index is 4.62. The van der Waals surface area contributed by atoms with Crippen LogP contribution in [0.4, 0.5) is 5.95 Å². The van der Waals surface area contributed by atoms with Crippen LogP contribution in [0.2, 0.25) is 0 Å². The van der Waals surface area contributed by atoms with E-state index in [2.05, 4.69) is 65.2 Å². The SMILES string of the molecule is CCCCNc1nc(C)cn1C1CC1c1ccccc1. The molecule has 1 aromatic carbocycles. The molecule has 1 aliphatic rings. The zero-order valence-corrected chi connectivity index (χ0v) is 12.3. The Hall–Kier alpha value is -1.77. The fourth-order valence-corrected chi connectivity index (χ4v) is 2.82. The molecule has 0 spiro atoms. The molecule has 1 aromatic heterocycles. The van der Waals surface area contributed by atoms with E-state index < -0.39 is 0 Å². The van der Waals surface area contributed by atoms with Crippen molar-refractivity contribution in [3.05, 3.63) is 47.8 Å². The van der Waals surface area contributed by atoms with Crippen LogP contribution in [-0.2, 0) is 0 Å². The normalized spacial score (nSPS) is 20.9. The topological polar surface area (TPSA) is 29.9 Å². The highest BCUT2D eigenvalue weighted by Crippen LogP contribution is 2.52. The number of anilines is 1. The largest absolute Gasteiger partial charge is 0.356 e. The second-order valence-corrected chi connectivity index (χ2v) is 5.71. The predicted molar refractivity (Wildman–Crippen MR) is 83.2 cm³/mol. The fraction of sp³-hybridized carbons (Fsp3) is 0.471. The van der Waals surface area contributed by atoms with E-state index in [1.165, 1.54) is 24.8 Å². The van der Waals surface area contributed by atoms with Crippen LogP contribution in [-0.4, -0.2) is 16.1 Å². The standard InChI is InChI=1S/C17H23N3/c1-3-4-10-18-17-19-13(2)12-20(17)16-11-15(16)14-8-6-5-7-9-14/h5-9,12,15-16H,3-4,10-11H2,1-2H3,(H,18,19). The van der Waals surface area contributed by atoms with Gasteiger partial charge >= 0.3 is 0 Å². The van der Waals surface area contributed by atoms with E-state index in [-0.39, 0.29) is 0 Å². The van der Waals surface area contributed by atoms with Crippen LogP contribution in [0.5, 0.6) is 0 Å². The van der Waals surface area contributed by atoms with Gasteiger partial charge in [0, 0.05) is 24.7 Å². The number of nitrogens with zero attached hydrogens (tertiary/aromatic N) is 2. The van der Waals surface area contributed by atoms with Gasteiger partial charge in [-0.05, 0) is 25.3 Å². The van der Waals surface area contributed by atoms with Gasteiger partial charge in [-0.1, -0.05) is 43.7 Å². The lowest BCUT2D eigenvalue weighted by atomic mass is 10.1. The van der Waals surface area contributed by atoms with E-state index in [0.29, 0.717) is 12.0 Å². The van der Waals surface area contributed by atoms with Gasteiger partial charge in [-0.3, -0.25) is 0 Å². The molecule has 1 aliphatic carbocycles. The third kappa shape index (κ3) is 2.72. The minimum Gasteiger partial charge on any atom is -0.356 e. The molecule has 0 amide bonds. The summed E-state index contributed by atoms with van der Waals surface area (Å²) in [4.78, 5) is 4.62. The van der Waals surface area contributed by atoms with E-state index in [1.807, 2.05) is 0 Å². The molecule has 3 heteroatoms. The molecule has 0 saturated heterocycles. The van der Waals surface area contributed by atoms with Crippen LogP contribution >= 0.6 is 0 Å². The predicted octanol–water partition coefficient (Wildman–Crippen LogP) is 4.13. The van der Waals surface area contributed by atoms with Crippen molar-refractivity contribution in [3.63, 3.8) is 0 Å². The molecule has 0 radical (unpaired) electrons. The Morgan fingerprint density at radius 2 is 2.10 bits per heavy atom. The average molecular weight is 269 g/mol. The van der Waals surface area contributed by atoms with Gasteiger partial charge in [-0.15, -0.1) is 0 Å². The number of hydrogen-bond donors (Lipinski definition) is 1. The molecule has 2 atom stereocenters. The van der Waals surface area contributed by atoms with Crippen LogP contribution in [0.15, 0.2) is 36.5 Å². The highest BCUT2D eigenvalue weighted by Gasteiger charge is 2.40. The number of rotatable bonds is 6. The number of nitrogens with one attached hydrogen (secondary N) is 1. The van der Waals surface area contributed by atoms with Crippen molar-refractivity contribution in [1.82, 2.24) is 9.55 Å². The number of benzene rings is 1. The monoisotopic (exact) mass is 269 g/mol. The molecule has 3 rings (SSSR count). The van der Waals surface area contributed by atoms with Crippen molar-refractivity contribution < 1.29 is 0 Å². The van der Waals surface area contributed by atoms with Crippen molar-refractivity contribution in [1.29, 1.82) is 0 Å². The highest BCUT2D eigenvalue weighted by molar-refractivity contribution is 5.35. The highest BCUT2D eigenvalue weighted by atomic mass is 15.2. The Labute approximate surface area is 121 Å².